The van der Waals surface area contributed by atoms with Gasteiger partial charge in [0.05, 0.1) is 11.1 Å². The molecule has 0 bridgehead atoms. The van der Waals surface area contributed by atoms with Crippen LogP contribution < -0.4 is 5.32 Å². The van der Waals surface area contributed by atoms with Crippen LogP contribution >= 0.6 is 0 Å². The molecule has 0 unspecified atom stereocenters. The van der Waals surface area contributed by atoms with Gasteiger partial charge >= 0.3 is 12.1 Å². The zero-order chi connectivity index (χ0) is 20.0. The summed E-state index contributed by atoms with van der Waals surface area (Å²) in [6.45, 7) is 3.21. The number of halogens is 3. The zero-order valence-corrected chi connectivity index (χ0v) is 15.0. The van der Waals surface area contributed by atoms with E-state index in [4.69, 9.17) is 4.74 Å². The summed E-state index contributed by atoms with van der Waals surface area (Å²) < 4.78 is 43.7. The van der Waals surface area contributed by atoms with Gasteiger partial charge in [-0.25, -0.2) is 4.79 Å². The molecule has 0 aromatic heterocycles. The SMILES string of the molecule is CCc1cccc(CC)c1NC(=O)COC(=O)c1ccccc1C(F)(F)F. The predicted molar refractivity (Wildman–Crippen MR) is 95.6 cm³/mol. The van der Waals surface area contributed by atoms with Crippen molar-refractivity contribution in [3.8, 4) is 0 Å². The normalized spacial score (nSPS) is 11.1. The quantitative estimate of drug-likeness (QED) is 0.745. The number of nitrogens with one attached hydrogen (secondary N) is 1. The first kappa shape index (κ1) is 20.5. The minimum Gasteiger partial charge on any atom is -0.452 e. The number of amides is 1. The van der Waals surface area contributed by atoms with Crippen LogP contribution in [0.4, 0.5) is 18.9 Å². The van der Waals surface area contributed by atoms with Crippen molar-refractivity contribution in [1.29, 1.82) is 0 Å². The number of hydrogen-bond acceptors (Lipinski definition) is 3. The van der Waals surface area contributed by atoms with Gasteiger partial charge in [0.2, 0.25) is 0 Å². The molecule has 0 fully saturated rings. The number of alkyl halides is 3. The first-order valence-corrected chi connectivity index (χ1v) is 8.51. The maximum atomic E-state index is 13.0. The van der Waals surface area contributed by atoms with E-state index in [1.807, 2.05) is 32.0 Å². The van der Waals surface area contributed by atoms with Crippen LogP contribution in [0.5, 0.6) is 0 Å². The Morgan fingerprint density at radius 1 is 0.963 bits per heavy atom. The Labute approximate surface area is 155 Å². The Kier molecular flexibility index (Phi) is 6.60. The van der Waals surface area contributed by atoms with Crippen molar-refractivity contribution in [1.82, 2.24) is 0 Å². The van der Waals surface area contributed by atoms with Gasteiger partial charge in [0.1, 0.15) is 0 Å². The fraction of sp³-hybridized carbons (Fsp3) is 0.300. The Morgan fingerprint density at radius 3 is 2.11 bits per heavy atom. The van der Waals surface area contributed by atoms with E-state index in [-0.39, 0.29) is 0 Å². The highest BCUT2D eigenvalue weighted by molar-refractivity contribution is 5.97. The molecule has 2 aromatic rings. The molecule has 27 heavy (non-hydrogen) atoms. The van der Waals surface area contributed by atoms with Crippen LogP contribution in [0.25, 0.3) is 0 Å². The Morgan fingerprint density at radius 2 is 1.56 bits per heavy atom. The van der Waals surface area contributed by atoms with Crippen LogP contribution in [0.2, 0.25) is 0 Å². The minimum absolute atomic E-state index is 0.608. The van der Waals surface area contributed by atoms with Gasteiger partial charge in [0, 0.05) is 5.69 Å². The van der Waals surface area contributed by atoms with Gasteiger partial charge in [0.15, 0.2) is 6.61 Å². The summed E-state index contributed by atoms with van der Waals surface area (Å²) in [6, 6.07) is 9.94. The van der Waals surface area contributed by atoms with E-state index in [2.05, 4.69) is 5.32 Å². The second kappa shape index (κ2) is 8.70. The number of anilines is 1. The van der Waals surface area contributed by atoms with E-state index < -0.39 is 35.8 Å². The van der Waals surface area contributed by atoms with Crippen molar-refractivity contribution >= 4 is 17.6 Å². The summed E-state index contributed by atoms with van der Waals surface area (Å²) in [4.78, 5) is 24.2. The van der Waals surface area contributed by atoms with Crippen molar-refractivity contribution in [2.75, 3.05) is 11.9 Å². The Balaban J connectivity index is 2.08. The van der Waals surface area contributed by atoms with Gasteiger partial charge in [-0.05, 0) is 36.1 Å². The topological polar surface area (TPSA) is 55.4 Å². The fourth-order valence-corrected chi connectivity index (χ4v) is 2.70. The summed E-state index contributed by atoms with van der Waals surface area (Å²) in [7, 11) is 0. The molecular formula is C20H20F3NO3. The summed E-state index contributed by atoms with van der Waals surface area (Å²) in [6.07, 6.45) is -3.29. The molecular weight excluding hydrogens is 359 g/mol. The molecule has 7 heteroatoms. The molecule has 144 valence electrons. The number of aryl methyl sites for hydroxylation is 2. The third-order valence-corrected chi connectivity index (χ3v) is 4.05. The maximum Gasteiger partial charge on any atom is 0.417 e. The van der Waals surface area contributed by atoms with E-state index in [1.54, 1.807) is 0 Å². The number of esters is 1. The number of hydrogen-bond donors (Lipinski definition) is 1. The molecule has 2 aromatic carbocycles. The monoisotopic (exact) mass is 379 g/mol. The lowest BCUT2D eigenvalue weighted by atomic mass is 10.0. The molecule has 0 saturated heterocycles. The van der Waals surface area contributed by atoms with Crippen LogP contribution in [0, 0.1) is 0 Å². The largest absolute Gasteiger partial charge is 0.452 e. The molecule has 1 amide bonds. The van der Waals surface area contributed by atoms with Crippen LogP contribution in [0.15, 0.2) is 42.5 Å². The lowest BCUT2D eigenvalue weighted by molar-refractivity contribution is -0.138. The fourth-order valence-electron chi connectivity index (χ4n) is 2.70. The van der Waals surface area contributed by atoms with Crippen LogP contribution in [0.3, 0.4) is 0 Å². The standard InChI is InChI=1S/C20H20F3NO3/c1-3-13-8-7-9-14(4-2)18(13)24-17(25)12-27-19(26)15-10-5-6-11-16(15)20(21,22)23/h5-11H,3-4,12H2,1-2H3,(H,24,25). The average Bonchev–Trinajstić information content (AvgIpc) is 2.65. The first-order chi connectivity index (χ1) is 12.8. The highest BCUT2D eigenvalue weighted by atomic mass is 19.4. The highest BCUT2D eigenvalue weighted by Crippen LogP contribution is 2.32. The lowest BCUT2D eigenvalue weighted by Crippen LogP contribution is -2.23. The van der Waals surface area contributed by atoms with E-state index in [9.17, 15) is 22.8 Å². The van der Waals surface area contributed by atoms with E-state index in [0.29, 0.717) is 18.5 Å². The molecule has 4 nitrogen and oxygen atoms in total. The number of carbonyl (C=O) groups is 2. The summed E-state index contributed by atoms with van der Waals surface area (Å²) in [5, 5.41) is 2.69. The third kappa shape index (κ3) is 5.09. The van der Waals surface area contributed by atoms with E-state index in [1.165, 1.54) is 12.1 Å². The van der Waals surface area contributed by atoms with Gasteiger partial charge in [-0.15, -0.1) is 0 Å². The minimum atomic E-state index is -4.69. The molecule has 0 heterocycles. The number of para-hydroxylation sites is 1. The van der Waals surface area contributed by atoms with Crippen molar-refractivity contribution < 1.29 is 27.5 Å². The summed E-state index contributed by atoms with van der Waals surface area (Å²) >= 11 is 0. The molecule has 0 aliphatic heterocycles. The summed E-state index contributed by atoms with van der Waals surface area (Å²) in [5.74, 6) is -1.80. The van der Waals surface area contributed by atoms with Gasteiger partial charge < -0.3 is 10.1 Å². The molecule has 0 atom stereocenters. The first-order valence-electron chi connectivity index (χ1n) is 8.51. The lowest BCUT2D eigenvalue weighted by Gasteiger charge is -2.15. The van der Waals surface area contributed by atoms with Crippen LogP contribution in [0.1, 0.15) is 40.9 Å². The van der Waals surface area contributed by atoms with Crippen LogP contribution in [-0.4, -0.2) is 18.5 Å². The second-order valence-electron chi connectivity index (χ2n) is 5.83. The van der Waals surface area contributed by atoms with Gasteiger partial charge in [-0.1, -0.05) is 44.2 Å². The van der Waals surface area contributed by atoms with Gasteiger partial charge in [0.25, 0.3) is 5.91 Å². The number of ether oxygens (including phenoxy) is 1. The summed E-state index contributed by atoms with van der Waals surface area (Å²) in [5.41, 5.74) is 0.785. The van der Waals surface area contributed by atoms with Crippen molar-refractivity contribution in [3.63, 3.8) is 0 Å². The van der Waals surface area contributed by atoms with Crippen molar-refractivity contribution in [2.24, 2.45) is 0 Å². The maximum absolute atomic E-state index is 13.0. The van der Waals surface area contributed by atoms with Crippen molar-refractivity contribution in [3.05, 3.63) is 64.7 Å². The Hall–Kier alpha value is -2.83. The molecule has 0 aliphatic carbocycles. The van der Waals surface area contributed by atoms with E-state index >= 15 is 0 Å². The second-order valence-corrected chi connectivity index (χ2v) is 5.83. The van der Waals surface area contributed by atoms with E-state index in [0.717, 1.165) is 23.3 Å². The number of rotatable bonds is 6. The molecule has 0 spiro atoms. The molecule has 1 N–H and O–H groups in total. The van der Waals surface area contributed by atoms with Gasteiger partial charge in [-0.3, -0.25) is 4.79 Å². The Bertz CT molecular complexity index is 809. The molecule has 2 rings (SSSR count). The smallest absolute Gasteiger partial charge is 0.417 e. The van der Waals surface area contributed by atoms with Crippen LogP contribution in [-0.2, 0) is 28.5 Å². The predicted octanol–water partition coefficient (Wildman–Crippen LogP) is 4.63. The number of carbonyl (C=O) groups excluding carboxylic acids is 2. The highest BCUT2D eigenvalue weighted by Gasteiger charge is 2.35. The van der Waals surface area contributed by atoms with Gasteiger partial charge in [-0.2, -0.15) is 13.2 Å². The molecule has 0 saturated carbocycles. The van der Waals surface area contributed by atoms with Crippen molar-refractivity contribution in [2.45, 2.75) is 32.9 Å². The third-order valence-electron chi connectivity index (χ3n) is 4.05. The molecule has 0 radical (unpaired) electrons. The zero-order valence-electron chi connectivity index (χ0n) is 15.0. The number of benzene rings is 2. The molecule has 0 aliphatic rings. The average molecular weight is 379 g/mol.